The van der Waals surface area contributed by atoms with Crippen molar-refractivity contribution in [1.82, 2.24) is 4.90 Å². The highest BCUT2D eigenvalue weighted by molar-refractivity contribution is 8.01. The topological polar surface area (TPSA) is 53.9 Å². The Morgan fingerprint density at radius 1 is 1.07 bits per heavy atom. The number of rotatable bonds is 7. The number of benzene rings is 2. The van der Waals surface area contributed by atoms with Crippen LogP contribution in [0.2, 0.25) is 0 Å². The number of carbonyl (C=O) groups is 2. The summed E-state index contributed by atoms with van der Waals surface area (Å²) in [6.45, 7) is 10.6. The molecule has 160 valence electrons. The molecule has 0 saturated carbocycles. The van der Waals surface area contributed by atoms with Crippen LogP contribution in [0.1, 0.15) is 23.6 Å². The highest BCUT2D eigenvalue weighted by atomic mass is 32.2. The molecular weight excluding hydrogens is 394 g/mol. The smallest absolute Gasteiger partial charge is 0.235 e. The summed E-state index contributed by atoms with van der Waals surface area (Å²) in [7, 11) is 0. The van der Waals surface area contributed by atoms with Crippen LogP contribution in [-0.2, 0) is 16.1 Å². The lowest BCUT2D eigenvalue weighted by Crippen LogP contribution is -3.13. The Hall–Kier alpha value is -2.31. The number of aryl methyl sites for hydroxylation is 2. The minimum Gasteiger partial charge on any atom is -0.330 e. The van der Waals surface area contributed by atoms with Gasteiger partial charge in [-0.2, -0.15) is 0 Å². The van der Waals surface area contributed by atoms with Crippen LogP contribution in [0.4, 0.5) is 5.69 Å². The monoisotopic (exact) mass is 426 g/mol. The van der Waals surface area contributed by atoms with Crippen molar-refractivity contribution in [2.75, 3.05) is 37.2 Å². The zero-order valence-corrected chi connectivity index (χ0v) is 18.9. The zero-order chi connectivity index (χ0) is 21.5. The largest absolute Gasteiger partial charge is 0.330 e. The van der Waals surface area contributed by atoms with Crippen LogP contribution in [0.25, 0.3) is 0 Å². The first-order valence-corrected chi connectivity index (χ1v) is 11.6. The van der Waals surface area contributed by atoms with Gasteiger partial charge in [-0.1, -0.05) is 42.0 Å². The van der Waals surface area contributed by atoms with E-state index < -0.39 is 0 Å². The summed E-state index contributed by atoms with van der Waals surface area (Å²) in [6.07, 6.45) is 0. The molecule has 6 heteroatoms. The summed E-state index contributed by atoms with van der Waals surface area (Å²) in [5.41, 5.74) is 4.66. The number of hydrogen-bond acceptors (Lipinski definition) is 3. The molecule has 2 aromatic carbocycles. The first kappa shape index (κ1) is 22.4. The average molecular weight is 427 g/mol. The van der Waals surface area contributed by atoms with Crippen LogP contribution in [0.3, 0.4) is 0 Å². The van der Waals surface area contributed by atoms with Gasteiger partial charge in [-0.05, 0) is 38.5 Å². The van der Waals surface area contributed by atoms with E-state index in [1.807, 2.05) is 43.0 Å². The van der Waals surface area contributed by atoms with Gasteiger partial charge < -0.3 is 15.1 Å². The number of quaternary nitrogens is 1. The molecule has 1 saturated heterocycles. The lowest BCUT2D eigenvalue weighted by molar-refractivity contribution is -0.917. The van der Waals surface area contributed by atoms with Crippen LogP contribution in [0.5, 0.6) is 0 Å². The third kappa shape index (κ3) is 6.34. The predicted octanol–water partition coefficient (Wildman–Crippen LogP) is 2.29. The van der Waals surface area contributed by atoms with Gasteiger partial charge in [-0.3, -0.25) is 9.59 Å². The maximum atomic E-state index is 12.8. The first-order valence-electron chi connectivity index (χ1n) is 10.6. The Morgan fingerprint density at radius 3 is 2.40 bits per heavy atom. The molecule has 2 aromatic rings. The van der Waals surface area contributed by atoms with Crippen molar-refractivity contribution in [1.29, 1.82) is 0 Å². The Bertz CT molecular complexity index is 861. The highest BCUT2D eigenvalue weighted by Crippen LogP contribution is 2.15. The fourth-order valence-electron chi connectivity index (χ4n) is 3.66. The molecule has 0 radical (unpaired) electrons. The predicted molar refractivity (Wildman–Crippen MR) is 124 cm³/mol. The van der Waals surface area contributed by atoms with Crippen molar-refractivity contribution >= 4 is 29.3 Å². The van der Waals surface area contributed by atoms with E-state index in [1.165, 1.54) is 27.8 Å². The standard InChI is InChI=1S/C24H31N3O2S/c1-18-8-10-22(11-9-18)25-23(28)17-30-20(3)24(29)27-14-12-26(13-15-27)16-21-7-5-4-6-19(21)2/h4-11,20H,12-17H2,1-3H3,(H,25,28)/p+1/t20-/m0/s1. The molecule has 0 unspecified atom stereocenters. The number of piperazine rings is 1. The van der Waals surface area contributed by atoms with Gasteiger partial charge >= 0.3 is 0 Å². The number of hydrogen-bond donors (Lipinski definition) is 2. The Morgan fingerprint density at radius 2 is 1.73 bits per heavy atom. The summed E-state index contributed by atoms with van der Waals surface area (Å²) < 4.78 is 0. The van der Waals surface area contributed by atoms with Crippen LogP contribution < -0.4 is 10.2 Å². The van der Waals surface area contributed by atoms with Gasteiger partial charge in [0, 0.05) is 11.3 Å². The molecule has 1 aliphatic rings. The normalized spacial score (nSPS) is 15.6. The van der Waals surface area contributed by atoms with Crippen molar-refractivity contribution < 1.29 is 14.5 Å². The second kappa shape index (κ2) is 10.6. The Labute approximate surface area is 183 Å². The van der Waals surface area contributed by atoms with Gasteiger partial charge in [0.15, 0.2) is 0 Å². The second-order valence-electron chi connectivity index (χ2n) is 8.05. The molecule has 1 heterocycles. The maximum Gasteiger partial charge on any atom is 0.235 e. The summed E-state index contributed by atoms with van der Waals surface area (Å²) in [6, 6.07) is 16.2. The molecule has 0 bridgehead atoms. The Kier molecular flexibility index (Phi) is 7.94. The van der Waals surface area contributed by atoms with E-state index in [-0.39, 0.29) is 22.8 Å². The fourth-order valence-corrected chi connectivity index (χ4v) is 4.43. The van der Waals surface area contributed by atoms with Crippen LogP contribution in [0.15, 0.2) is 48.5 Å². The molecule has 2 N–H and O–H groups in total. The van der Waals surface area contributed by atoms with Gasteiger partial charge in [0.1, 0.15) is 6.54 Å². The third-order valence-corrected chi connectivity index (χ3v) is 6.76. The van der Waals surface area contributed by atoms with Crippen LogP contribution >= 0.6 is 11.8 Å². The number of amides is 2. The first-order chi connectivity index (χ1) is 14.4. The lowest BCUT2D eigenvalue weighted by atomic mass is 10.1. The molecule has 0 aliphatic carbocycles. The SMILES string of the molecule is Cc1ccc(NC(=O)CS[C@@H](C)C(=O)N2CC[NH+](Cc3ccccc3C)CC2)cc1. The van der Waals surface area contributed by atoms with E-state index in [0.717, 1.165) is 44.0 Å². The van der Waals surface area contributed by atoms with Crippen molar-refractivity contribution in [3.8, 4) is 0 Å². The molecule has 1 fully saturated rings. The van der Waals surface area contributed by atoms with E-state index in [0.29, 0.717) is 0 Å². The molecular formula is C24H32N3O2S+. The van der Waals surface area contributed by atoms with Gasteiger partial charge in [0.2, 0.25) is 11.8 Å². The molecule has 5 nitrogen and oxygen atoms in total. The molecule has 30 heavy (non-hydrogen) atoms. The van der Waals surface area contributed by atoms with Gasteiger partial charge in [0.05, 0.1) is 37.2 Å². The quantitative estimate of drug-likeness (QED) is 0.714. The van der Waals surface area contributed by atoms with Crippen LogP contribution in [0, 0.1) is 13.8 Å². The minimum atomic E-state index is -0.216. The number of thioether (sulfide) groups is 1. The third-order valence-electron chi connectivity index (χ3n) is 5.63. The minimum absolute atomic E-state index is 0.0732. The Balaban J connectivity index is 1.40. The van der Waals surface area contributed by atoms with Gasteiger partial charge in [-0.15, -0.1) is 11.8 Å². The maximum absolute atomic E-state index is 12.8. The summed E-state index contributed by atoms with van der Waals surface area (Å²) >= 11 is 1.40. The van der Waals surface area contributed by atoms with E-state index in [2.05, 4.69) is 36.5 Å². The summed E-state index contributed by atoms with van der Waals surface area (Å²) in [5.74, 6) is 0.341. The number of nitrogens with zero attached hydrogens (tertiary/aromatic N) is 1. The van der Waals surface area contributed by atoms with Crippen molar-refractivity contribution in [3.63, 3.8) is 0 Å². The summed E-state index contributed by atoms with van der Waals surface area (Å²) in [4.78, 5) is 28.4. The lowest BCUT2D eigenvalue weighted by Gasteiger charge is -2.33. The van der Waals surface area contributed by atoms with Crippen molar-refractivity contribution in [2.24, 2.45) is 0 Å². The molecule has 1 aliphatic heterocycles. The zero-order valence-electron chi connectivity index (χ0n) is 18.1. The number of carbonyl (C=O) groups excluding carboxylic acids is 2. The van der Waals surface area contributed by atoms with E-state index >= 15 is 0 Å². The number of anilines is 1. The molecule has 0 spiro atoms. The van der Waals surface area contributed by atoms with E-state index in [9.17, 15) is 9.59 Å². The molecule has 2 amide bonds. The molecule has 1 atom stereocenters. The van der Waals surface area contributed by atoms with E-state index in [1.54, 1.807) is 0 Å². The van der Waals surface area contributed by atoms with Crippen LogP contribution in [-0.4, -0.2) is 53.9 Å². The molecule has 3 rings (SSSR count). The second-order valence-corrected chi connectivity index (χ2v) is 9.38. The number of nitrogens with one attached hydrogen (secondary N) is 2. The van der Waals surface area contributed by atoms with E-state index in [4.69, 9.17) is 0 Å². The fraction of sp³-hybridized carbons (Fsp3) is 0.417. The highest BCUT2D eigenvalue weighted by Gasteiger charge is 2.27. The van der Waals surface area contributed by atoms with Gasteiger partial charge in [0.25, 0.3) is 0 Å². The summed E-state index contributed by atoms with van der Waals surface area (Å²) in [5, 5.41) is 2.67. The van der Waals surface area contributed by atoms with Gasteiger partial charge in [-0.25, -0.2) is 0 Å². The van der Waals surface area contributed by atoms with Crippen molar-refractivity contribution in [3.05, 3.63) is 65.2 Å². The average Bonchev–Trinajstić information content (AvgIpc) is 2.75. The van der Waals surface area contributed by atoms with Crippen molar-refractivity contribution in [2.45, 2.75) is 32.6 Å². The molecule has 0 aromatic heterocycles.